The number of anilines is 2. The van der Waals surface area contributed by atoms with E-state index >= 15 is 0 Å². The molecule has 0 fully saturated rings. The van der Waals surface area contributed by atoms with Gasteiger partial charge in [0.25, 0.3) is 0 Å². The van der Waals surface area contributed by atoms with Gasteiger partial charge in [0.15, 0.2) is 38.3 Å². The molecule has 4 heterocycles. The smallest absolute Gasteiger partial charge is 0.373 e. The molecule has 4 aliphatic rings. The van der Waals surface area contributed by atoms with Crippen LogP contribution in [0.15, 0.2) is 58.1 Å². The number of hydrogen-bond donors (Lipinski definition) is 0. The van der Waals surface area contributed by atoms with Gasteiger partial charge in [-0.25, -0.2) is 0 Å². The number of nitrogens with zero attached hydrogens (tertiary/aromatic N) is 1. The molecule has 9 nitrogen and oxygen atoms in total. The van der Waals surface area contributed by atoms with Crippen LogP contribution in [0.25, 0.3) is 0 Å². The number of rotatable bonds is 6. The second-order valence-corrected chi connectivity index (χ2v) is 19.9. The molecule has 1 spiro atoms. The highest BCUT2D eigenvalue weighted by molar-refractivity contribution is 14.2. The largest absolute Gasteiger partial charge is 0.527 e. The van der Waals surface area contributed by atoms with Crippen molar-refractivity contribution in [2.24, 2.45) is 0 Å². The molecule has 49 heavy (non-hydrogen) atoms. The quantitative estimate of drug-likeness (QED) is 0.0472. The van der Waals surface area contributed by atoms with Crippen molar-refractivity contribution in [3.8, 4) is 46.0 Å². The van der Waals surface area contributed by atoms with Crippen molar-refractivity contribution in [1.82, 2.24) is 0 Å². The topological polar surface area (TPSA) is 77.1 Å². The maximum absolute atomic E-state index is 7.44. The number of hydrogen-bond acceptors (Lipinski definition) is 9. The van der Waals surface area contributed by atoms with Crippen LogP contribution < -0.4 is 46.3 Å². The van der Waals surface area contributed by atoms with Crippen molar-refractivity contribution in [2.75, 3.05) is 31.6 Å². The van der Waals surface area contributed by atoms with Crippen LogP contribution in [0.4, 0.5) is 11.4 Å². The van der Waals surface area contributed by atoms with Gasteiger partial charge in [0, 0.05) is 33.1 Å². The highest BCUT2D eigenvalue weighted by Gasteiger charge is 2.67. The third-order valence-corrected chi connectivity index (χ3v) is 19.7. The van der Waals surface area contributed by atoms with Gasteiger partial charge in [0.05, 0.1) is 63.7 Å². The van der Waals surface area contributed by atoms with E-state index in [9.17, 15) is 0 Å². The maximum Gasteiger partial charge on any atom is 0.373 e. The zero-order valence-electron chi connectivity index (χ0n) is 25.9. The van der Waals surface area contributed by atoms with Crippen LogP contribution in [0, 0.1) is 0 Å². The molecule has 0 N–H and O–H groups in total. The summed E-state index contributed by atoms with van der Waals surface area (Å²) >= 11 is 25.0. The van der Waals surface area contributed by atoms with Crippen LogP contribution in [0.5, 0.6) is 46.0 Å². The lowest BCUT2D eigenvalue weighted by Crippen LogP contribution is -2.76. The highest BCUT2D eigenvalue weighted by Crippen LogP contribution is 2.58. The number of ether oxygens (including phenoxy) is 7. The molecule has 0 aliphatic carbocycles. The lowest BCUT2D eigenvalue weighted by atomic mass is 10.2. The molecule has 2 bridgehead atoms. The lowest BCUT2D eigenvalue weighted by molar-refractivity contribution is 0.273. The van der Waals surface area contributed by atoms with Crippen LogP contribution in [0.1, 0.15) is 0 Å². The second kappa shape index (κ2) is 12.6. The minimum Gasteiger partial charge on any atom is -0.527 e. The zero-order valence-corrected chi connectivity index (χ0v) is 34.2. The van der Waals surface area contributed by atoms with Crippen LogP contribution in [-0.4, -0.2) is 50.5 Å². The predicted octanol–water partition coefficient (Wildman–Crippen LogP) is 8.69. The molecule has 0 aromatic heterocycles. The van der Waals surface area contributed by atoms with Crippen LogP contribution in [0.3, 0.4) is 0 Å². The van der Waals surface area contributed by atoms with Crippen molar-refractivity contribution in [2.45, 2.75) is 5.73 Å². The Hall–Kier alpha value is -2.60. The molecule has 4 aliphatic heterocycles. The van der Waals surface area contributed by atoms with E-state index in [-0.39, 0.29) is 31.6 Å². The molecule has 0 amide bonds. The Morgan fingerprint density at radius 1 is 0.796 bits per heavy atom. The van der Waals surface area contributed by atoms with E-state index in [1.165, 1.54) is 0 Å². The second-order valence-electron chi connectivity index (χ2n) is 10.8. The van der Waals surface area contributed by atoms with Gasteiger partial charge in [-0.15, -0.1) is 0 Å². The lowest BCUT2D eigenvalue weighted by Gasteiger charge is -2.45. The Kier molecular flexibility index (Phi) is 8.60. The van der Waals surface area contributed by atoms with E-state index in [4.69, 9.17) is 84.0 Å². The average molecular weight is 985 g/mol. The van der Waals surface area contributed by atoms with Crippen LogP contribution in [0.2, 0.25) is 20.1 Å². The summed E-state index contributed by atoms with van der Waals surface area (Å²) in [7, 11) is 2.60. The summed E-state index contributed by atoms with van der Waals surface area (Å²) in [5.41, 5.74) is 0.996. The van der Waals surface area contributed by atoms with Crippen molar-refractivity contribution in [1.29, 1.82) is 0 Å². The molecular weight excluding hydrogens is 962 g/mol. The molecule has 2 atom stereocenters. The summed E-state index contributed by atoms with van der Waals surface area (Å²) in [6, 6.07) is 15.4. The first-order valence-corrected chi connectivity index (χ1v) is 22.5. The summed E-state index contributed by atoms with van der Waals surface area (Å²) in [6.07, 6.45) is 0. The van der Waals surface area contributed by atoms with Gasteiger partial charge in [0.2, 0.25) is 0 Å². The fraction of sp³-hybridized carbons (Fsp3) is 0.152. The van der Waals surface area contributed by atoms with E-state index in [0.29, 0.717) is 43.5 Å². The van der Waals surface area contributed by atoms with Gasteiger partial charge < -0.3 is 37.6 Å². The van der Waals surface area contributed by atoms with Gasteiger partial charge >= 0.3 is 8.32 Å². The SMILES string of the molecule is C=I/C(OC)=C1/Oc2cc(OC)cc3c2[Si@@]24Oc5c(Cl)c(Cl)c(Cl)c(Cl)c5O[C@H]2C1=IN(c1ccc(OC)cc1)c1ccc(OC)c(c14)O3. The molecule has 0 radical (unpaired) electrons. The average Bonchev–Trinajstić information content (AvgIpc) is 3.33. The first kappa shape index (κ1) is 33.5. The number of halogens is 6. The molecule has 4 aromatic carbocycles. The summed E-state index contributed by atoms with van der Waals surface area (Å²) in [5, 5.41) is 1.70. The Morgan fingerprint density at radius 2 is 1.47 bits per heavy atom. The molecule has 16 heteroatoms. The van der Waals surface area contributed by atoms with Gasteiger partial charge in [-0.05, 0) is 57.1 Å². The van der Waals surface area contributed by atoms with E-state index in [2.05, 4.69) is 7.63 Å². The van der Waals surface area contributed by atoms with Gasteiger partial charge in [0.1, 0.15) is 33.0 Å². The van der Waals surface area contributed by atoms with Crippen molar-refractivity contribution >= 4 is 126 Å². The van der Waals surface area contributed by atoms with E-state index in [1.54, 1.807) is 34.5 Å². The van der Waals surface area contributed by atoms with Gasteiger partial charge in [-0.2, -0.15) is 0 Å². The monoisotopic (exact) mass is 983 g/mol. The Morgan fingerprint density at radius 3 is 2.10 bits per heavy atom. The standard InChI is InChI=1S/C33H23Cl4I2NO8Si/c1-38-32(44-5)29-25-33-47-27-23(36)21(34)22(35)24(37)28(27)48-49(33)30-17(40(39-25)14-6-8-15(41-2)9-7-14)10-11-18(43-4)26(30)45-19-12-16(42-3)13-20(46-29)31(19)49/h6-13,33H,1H2,2-5H3/b32-29-/t33-,49-/m1/s1. The molecule has 4 aromatic rings. The summed E-state index contributed by atoms with van der Waals surface area (Å²) in [6.45, 7) is 0. The predicted molar refractivity (Wildman–Crippen MR) is 213 cm³/mol. The van der Waals surface area contributed by atoms with E-state index in [0.717, 1.165) is 25.8 Å². The van der Waals surface area contributed by atoms with Crippen molar-refractivity contribution in [3.05, 3.63) is 78.1 Å². The molecule has 0 unspecified atom stereocenters. The first-order chi connectivity index (χ1) is 23.7. The molecule has 0 saturated carbocycles. The van der Waals surface area contributed by atoms with E-state index in [1.807, 2.05) is 42.5 Å². The molecule has 254 valence electrons. The van der Waals surface area contributed by atoms with E-state index < -0.39 is 55.8 Å². The Labute approximate surface area is 322 Å². The number of fused-ring (bicyclic) bond motifs is 1. The Balaban J connectivity index is 1.59. The zero-order chi connectivity index (χ0) is 34.4. The van der Waals surface area contributed by atoms with Gasteiger partial charge in [-0.3, -0.25) is 3.11 Å². The normalized spacial score (nSPS) is 20.2. The number of methoxy groups -OCH3 is 4. The van der Waals surface area contributed by atoms with Crippen LogP contribution >= 0.6 is 88.1 Å². The first-order valence-electron chi connectivity index (χ1n) is 14.3. The molecule has 0 saturated heterocycles. The molecular formula is C33H23Cl4I2NO8Si. The third-order valence-electron chi connectivity index (χ3n) is 8.42. The maximum atomic E-state index is 7.44. The summed E-state index contributed by atoms with van der Waals surface area (Å²) in [5.74, 6) is 4.03. The molecule has 8 rings (SSSR count). The fourth-order valence-electron chi connectivity index (χ4n) is 6.32. The summed E-state index contributed by atoms with van der Waals surface area (Å²) < 4.78 is 59.5. The third kappa shape index (κ3) is 4.80. The van der Waals surface area contributed by atoms with Gasteiger partial charge in [-0.1, -0.05) is 50.9 Å². The van der Waals surface area contributed by atoms with Crippen LogP contribution in [-0.2, 0) is 4.74 Å². The van der Waals surface area contributed by atoms with Crippen molar-refractivity contribution < 1.29 is 37.6 Å². The Bertz CT molecular complexity index is 2180. The minimum absolute atomic E-state index is 0.0492. The van der Waals surface area contributed by atoms with Crippen molar-refractivity contribution in [3.63, 3.8) is 0 Å². The minimum atomic E-state index is -3.83. The summed E-state index contributed by atoms with van der Waals surface area (Å²) in [4.78, 5) is 0. The fourth-order valence-corrected chi connectivity index (χ4v) is 17.9. The number of benzene rings is 4. The highest BCUT2D eigenvalue weighted by atomic mass is 127.